The van der Waals surface area contributed by atoms with Gasteiger partial charge in [0.25, 0.3) is 0 Å². The maximum atomic E-state index is 12.9. The van der Waals surface area contributed by atoms with Gasteiger partial charge in [-0.1, -0.05) is 0 Å². The van der Waals surface area contributed by atoms with E-state index in [1.165, 1.54) is 18.5 Å². The summed E-state index contributed by atoms with van der Waals surface area (Å²) in [6.07, 6.45) is 2.21. The fourth-order valence-corrected chi connectivity index (χ4v) is 5.13. The molecule has 1 saturated heterocycles. The van der Waals surface area contributed by atoms with Gasteiger partial charge in [0, 0.05) is 25.6 Å². The van der Waals surface area contributed by atoms with Crippen LogP contribution in [-0.4, -0.2) is 53.0 Å². The summed E-state index contributed by atoms with van der Waals surface area (Å²) in [5, 5.41) is 2.82. The zero-order valence-electron chi connectivity index (χ0n) is 18.0. The Bertz CT molecular complexity index is 1030. The Morgan fingerprint density at radius 1 is 0.968 bits per heavy atom. The molecule has 0 atom stereocenters. The summed E-state index contributed by atoms with van der Waals surface area (Å²) < 4.78 is 43.1. The van der Waals surface area contributed by atoms with Gasteiger partial charge in [-0.3, -0.25) is 4.79 Å². The van der Waals surface area contributed by atoms with Crippen LogP contribution in [0.3, 0.4) is 0 Å². The highest BCUT2D eigenvalue weighted by Gasteiger charge is 2.27. The van der Waals surface area contributed by atoms with Gasteiger partial charge < -0.3 is 19.5 Å². The summed E-state index contributed by atoms with van der Waals surface area (Å²) >= 11 is 0. The van der Waals surface area contributed by atoms with Crippen molar-refractivity contribution < 1.29 is 27.4 Å². The van der Waals surface area contributed by atoms with Crippen molar-refractivity contribution in [2.24, 2.45) is 0 Å². The Morgan fingerprint density at radius 3 is 2.29 bits per heavy atom. The first-order valence-corrected chi connectivity index (χ1v) is 11.5. The van der Waals surface area contributed by atoms with E-state index in [0.29, 0.717) is 48.0 Å². The zero-order valence-corrected chi connectivity index (χ0v) is 18.8. The van der Waals surface area contributed by atoms with Crippen molar-refractivity contribution in [3.05, 3.63) is 42.0 Å². The predicted molar refractivity (Wildman–Crippen MR) is 117 cm³/mol. The molecule has 31 heavy (non-hydrogen) atoms. The summed E-state index contributed by atoms with van der Waals surface area (Å²) in [7, 11) is 1.05. The molecule has 1 fully saturated rings. The standard InChI is InChI=1S/C22H28N2O6S/c1-28-17-7-9-21(30-3)19(15-17)23-22(25)11-6-16-14-18(8-10-20(16)29-2)31(26,27)24-12-4-5-13-24/h7-10,14-15H,4-6,11-13H2,1-3H3,(H,23,25). The molecule has 2 aromatic rings. The van der Waals surface area contributed by atoms with E-state index in [0.717, 1.165) is 12.8 Å². The first-order valence-electron chi connectivity index (χ1n) is 10.1. The molecule has 168 valence electrons. The highest BCUT2D eigenvalue weighted by molar-refractivity contribution is 7.89. The lowest BCUT2D eigenvalue weighted by molar-refractivity contribution is -0.116. The number of nitrogens with one attached hydrogen (secondary N) is 1. The van der Waals surface area contributed by atoms with Crippen LogP contribution < -0.4 is 19.5 Å². The van der Waals surface area contributed by atoms with E-state index >= 15 is 0 Å². The summed E-state index contributed by atoms with van der Waals surface area (Å²) in [4.78, 5) is 12.8. The number of anilines is 1. The summed E-state index contributed by atoms with van der Waals surface area (Å²) in [6, 6.07) is 9.93. The average molecular weight is 449 g/mol. The summed E-state index contributed by atoms with van der Waals surface area (Å²) in [5.41, 5.74) is 1.17. The second kappa shape index (κ2) is 10.0. The van der Waals surface area contributed by atoms with Gasteiger partial charge in [-0.05, 0) is 55.2 Å². The van der Waals surface area contributed by atoms with E-state index in [9.17, 15) is 13.2 Å². The highest BCUT2D eigenvalue weighted by atomic mass is 32.2. The number of hydrogen-bond acceptors (Lipinski definition) is 6. The molecule has 0 aliphatic carbocycles. The minimum absolute atomic E-state index is 0.143. The van der Waals surface area contributed by atoms with Crippen LogP contribution in [0.2, 0.25) is 0 Å². The monoisotopic (exact) mass is 448 g/mol. The van der Waals surface area contributed by atoms with Crippen molar-refractivity contribution in [1.82, 2.24) is 4.31 Å². The number of amides is 1. The molecule has 0 radical (unpaired) electrons. The topological polar surface area (TPSA) is 94.2 Å². The Morgan fingerprint density at radius 2 is 1.65 bits per heavy atom. The lowest BCUT2D eigenvalue weighted by atomic mass is 10.1. The molecule has 8 nitrogen and oxygen atoms in total. The number of rotatable bonds is 9. The molecule has 1 aliphatic heterocycles. The van der Waals surface area contributed by atoms with E-state index < -0.39 is 10.0 Å². The van der Waals surface area contributed by atoms with E-state index in [2.05, 4.69) is 5.32 Å². The maximum absolute atomic E-state index is 12.9. The number of carbonyl (C=O) groups excluding carboxylic acids is 1. The van der Waals surface area contributed by atoms with Crippen molar-refractivity contribution >= 4 is 21.6 Å². The molecule has 1 aliphatic rings. The van der Waals surface area contributed by atoms with Crippen LogP contribution in [0, 0.1) is 0 Å². The van der Waals surface area contributed by atoms with Gasteiger partial charge in [0.15, 0.2) is 0 Å². The number of carbonyl (C=O) groups is 1. The number of ether oxygens (including phenoxy) is 3. The van der Waals surface area contributed by atoms with E-state index in [-0.39, 0.29) is 17.2 Å². The third kappa shape index (κ3) is 5.29. The number of sulfonamides is 1. The molecule has 0 saturated carbocycles. The highest BCUT2D eigenvalue weighted by Crippen LogP contribution is 2.30. The third-order valence-corrected chi connectivity index (χ3v) is 7.15. The fourth-order valence-electron chi connectivity index (χ4n) is 3.56. The van der Waals surface area contributed by atoms with Crippen LogP contribution in [0.5, 0.6) is 17.2 Å². The van der Waals surface area contributed by atoms with Gasteiger partial charge in [-0.2, -0.15) is 4.31 Å². The maximum Gasteiger partial charge on any atom is 0.243 e. The molecule has 0 bridgehead atoms. The molecule has 0 unspecified atom stereocenters. The molecular weight excluding hydrogens is 420 g/mol. The number of aryl methyl sites for hydroxylation is 1. The van der Waals surface area contributed by atoms with Crippen LogP contribution in [0.4, 0.5) is 5.69 Å². The summed E-state index contributed by atoms with van der Waals surface area (Å²) in [6.45, 7) is 1.07. The second-order valence-electron chi connectivity index (χ2n) is 7.20. The predicted octanol–water partition coefficient (Wildman–Crippen LogP) is 3.07. The van der Waals surface area contributed by atoms with Crippen LogP contribution >= 0.6 is 0 Å². The van der Waals surface area contributed by atoms with Crippen molar-refractivity contribution in [1.29, 1.82) is 0 Å². The van der Waals surface area contributed by atoms with Gasteiger partial charge in [-0.15, -0.1) is 0 Å². The van der Waals surface area contributed by atoms with Gasteiger partial charge in [-0.25, -0.2) is 8.42 Å². The number of benzene rings is 2. The largest absolute Gasteiger partial charge is 0.497 e. The Kier molecular flexibility index (Phi) is 7.40. The molecule has 9 heteroatoms. The number of nitrogens with zero attached hydrogens (tertiary/aromatic N) is 1. The van der Waals surface area contributed by atoms with Gasteiger partial charge in [0.1, 0.15) is 17.2 Å². The molecule has 1 heterocycles. The van der Waals surface area contributed by atoms with Crippen molar-refractivity contribution in [2.45, 2.75) is 30.6 Å². The first-order chi connectivity index (χ1) is 14.9. The van der Waals surface area contributed by atoms with Gasteiger partial charge in [0.2, 0.25) is 15.9 Å². The SMILES string of the molecule is COc1ccc(OC)c(NC(=O)CCc2cc(S(=O)(=O)N3CCCC3)ccc2OC)c1. The first kappa shape index (κ1) is 22.9. The van der Waals surface area contributed by atoms with Gasteiger partial charge in [0.05, 0.1) is 31.9 Å². The lowest BCUT2D eigenvalue weighted by Crippen LogP contribution is -2.28. The Hall–Kier alpha value is -2.78. The minimum atomic E-state index is -3.54. The molecule has 0 aromatic heterocycles. The van der Waals surface area contributed by atoms with Crippen molar-refractivity contribution in [3.8, 4) is 17.2 Å². The lowest BCUT2D eigenvalue weighted by Gasteiger charge is -2.17. The molecule has 2 aromatic carbocycles. The Labute approximate surface area is 183 Å². The second-order valence-corrected chi connectivity index (χ2v) is 9.14. The quantitative estimate of drug-likeness (QED) is 0.634. The molecule has 1 amide bonds. The average Bonchev–Trinajstić information content (AvgIpc) is 3.33. The van der Waals surface area contributed by atoms with Crippen LogP contribution in [0.1, 0.15) is 24.8 Å². The van der Waals surface area contributed by atoms with E-state index in [1.54, 1.807) is 43.5 Å². The minimum Gasteiger partial charge on any atom is -0.497 e. The normalized spacial score (nSPS) is 14.3. The molecule has 3 rings (SSSR count). The van der Waals surface area contributed by atoms with Crippen molar-refractivity contribution in [2.75, 3.05) is 39.7 Å². The van der Waals surface area contributed by atoms with Crippen LogP contribution in [-0.2, 0) is 21.2 Å². The fraction of sp³-hybridized carbons (Fsp3) is 0.409. The molecule has 1 N–H and O–H groups in total. The Balaban J connectivity index is 1.74. The number of methoxy groups -OCH3 is 3. The summed E-state index contributed by atoms with van der Waals surface area (Å²) in [5.74, 6) is 1.43. The zero-order chi connectivity index (χ0) is 22.4. The van der Waals surface area contributed by atoms with Crippen LogP contribution in [0.25, 0.3) is 0 Å². The third-order valence-electron chi connectivity index (χ3n) is 5.26. The van der Waals surface area contributed by atoms with Gasteiger partial charge >= 0.3 is 0 Å². The van der Waals surface area contributed by atoms with E-state index in [1.807, 2.05) is 0 Å². The molecule has 0 spiro atoms. The van der Waals surface area contributed by atoms with Crippen molar-refractivity contribution in [3.63, 3.8) is 0 Å². The van der Waals surface area contributed by atoms with Crippen LogP contribution in [0.15, 0.2) is 41.3 Å². The van der Waals surface area contributed by atoms with E-state index in [4.69, 9.17) is 14.2 Å². The number of hydrogen-bond donors (Lipinski definition) is 1. The molecular formula is C22H28N2O6S. The smallest absolute Gasteiger partial charge is 0.243 e.